The summed E-state index contributed by atoms with van der Waals surface area (Å²) in [7, 11) is 0. The lowest BCUT2D eigenvalue weighted by Crippen LogP contribution is -2.28. The molecule has 16 heavy (non-hydrogen) atoms. The summed E-state index contributed by atoms with van der Waals surface area (Å²) < 4.78 is 25.9. The number of aryl methyl sites for hydroxylation is 2. The van der Waals surface area contributed by atoms with Gasteiger partial charge in [-0.25, -0.2) is 13.8 Å². The van der Waals surface area contributed by atoms with Gasteiger partial charge in [0, 0.05) is 24.6 Å². The molecule has 1 aliphatic rings. The second-order valence-corrected chi connectivity index (χ2v) is 4.57. The van der Waals surface area contributed by atoms with Crippen LogP contribution >= 0.6 is 0 Å². The Kier molecular flexibility index (Phi) is 2.97. The lowest BCUT2D eigenvalue weighted by atomic mass is 10.2. The number of H-pyrrole nitrogens is 1. The zero-order valence-corrected chi connectivity index (χ0v) is 9.61. The normalized spacial score (nSPS) is 23.9. The lowest BCUT2D eigenvalue weighted by molar-refractivity contribution is 0.00685. The number of hydrogen-bond acceptors (Lipinski definition) is 2. The Morgan fingerprint density at radius 2 is 2.25 bits per heavy atom. The summed E-state index contributed by atoms with van der Waals surface area (Å²) in [5.41, 5.74) is 2.00. The number of aromatic nitrogens is 2. The van der Waals surface area contributed by atoms with E-state index in [0.29, 0.717) is 13.0 Å². The zero-order chi connectivity index (χ0) is 11.8. The minimum atomic E-state index is -2.48. The van der Waals surface area contributed by atoms with Crippen molar-refractivity contribution in [1.29, 1.82) is 0 Å². The van der Waals surface area contributed by atoms with Gasteiger partial charge in [0.2, 0.25) is 5.92 Å². The van der Waals surface area contributed by atoms with Gasteiger partial charge in [-0.1, -0.05) is 0 Å². The van der Waals surface area contributed by atoms with Crippen LogP contribution in [0.2, 0.25) is 0 Å². The van der Waals surface area contributed by atoms with Crippen LogP contribution in [0.5, 0.6) is 0 Å². The first kappa shape index (κ1) is 11.5. The molecule has 0 aromatic carbocycles. The molecule has 1 aliphatic carbocycles. The Balaban J connectivity index is 1.84. The van der Waals surface area contributed by atoms with Crippen molar-refractivity contribution in [2.45, 2.75) is 51.6 Å². The van der Waals surface area contributed by atoms with Gasteiger partial charge in [-0.3, -0.25) is 0 Å². The number of imidazole rings is 1. The Morgan fingerprint density at radius 3 is 2.75 bits per heavy atom. The number of hydrogen-bond donors (Lipinski definition) is 2. The zero-order valence-electron chi connectivity index (χ0n) is 9.61. The first-order valence-corrected chi connectivity index (χ1v) is 5.59. The molecule has 1 aromatic heterocycles. The van der Waals surface area contributed by atoms with Crippen LogP contribution in [0, 0.1) is 13.8 Å². The molecule has 2 N–H and O–H groups in total. The molecule has 1 aromatic rings. The second-order valence-electron chi connectivity index (χ2n) is 4.57. The molecule has 0 radical (unpaired) electrons. The molecule has 5 heteroatoms. The highest BCUT2D eigenvalue weighted by Gasteiger charge is 2.39. The predicted octanol–water partition coefficient (Wildman–Crippen LogP) is 2.30. The quantitative estimate of drug-likeness (QED) is 0.835. The monoisotopic (exact) mass is 229 g/mol. The molecular formula is C11H17F2N3. The second kappa shape index (κ2) is 4.13. The van der Waals surface area contributed by atoms with Crippen LogP contribution in [0.15, 0.2) is 0 Å². The van der Waals surface area contributed by atoms with Crippen LogP contribution in [0.4, 0.5) is 8.78 Å². The minimum Gasteiger partial charge on any atom is -0.345 e. The van der Waals surface area contributed by atoms with Crippen LogP contribution < -0.4 is 5.32 Å². The fraction of sp³-hybridized carbons (Fsp3) is 0.727. The number of aromatic amines is 1. The number of alkyl halides is 2. The summed E-state index contributed by atoms with van der Waals surface area (Å²) in [6.07, 6.45) is 0.498. The van der Waals surface area contributed by atoms with Crippen LogP contribution in [0.3, 0.4) is 0 Å². The Hall–Kier alpha value is -0.970. The summed E-state index contributed by atoms with van der Waals surface area (Å²) in [5.74, 6) is -1.66. The van der Waals surface area contributed by atoms with Crippen LogP contribution in [0.25, 0.3) is 0 Å². The summed E-state index contributed by atoms with van der Waals surface area (Å²) in [6.45, 7) is 4.42. The van der Waals surface area contributed by atoms with Crippen molar-refractivity contribution < 1.29 is 8.78 Å². The lowest BCUT2D eigenvalue weighted by Gasteiger charge is -2.11. The number of nitrogens with one attached hydrogen (secondary N) is 2. The van der Waals surface area contributed by atoms with Crippen molar-refractivity contribution in [3.8, 4) is 0 Å². The molecule has 1 atom stereocenters. The molecule has 0 bridgehead atoms. The van der Waals surface area contributed by atoms with E-state index in [4.69, 9.17) is 0 Å². The highest BCUT2D eigenvalue weighted by Crippen LogP contribution is 2.34. The average molecular weight is 229 g/mol. The van der Waals surface area contributed by atoms with E-state index in [-0.39, 0.29) is 18.9 Å². The van der Waals surface area contributed by atoms with E-state index >= 15 is 0 Å². The first-order valence-electron chi connectivity index (χ1n) is 5.59. The summed E-state index contributed by atoms with van der Waals surface area (Å²) >= 11 is 0. The van der Waals surface area contributed by atoms with Crippen molar-refractivity contribution in [2.75, 3.05) is 0 Å². The van der Waals surface area contributed by atoms with Crippen LogP contribution in [-0.4, -0.2) is 21.9 Å². The standard InChI is InChI=1S/C11H17F2N3/c1-7-8(2)16-10(15-7)6-14-9-3-4-11(12,13)5-9/h9,14H,3-6H2,1-2H3,(H,15,16). The SMILES string of the molecule is Cc1nc(CNC2CCC(F)(F)C2)[nH]c1C. The maximum Gasteiger partial charge on any atom is 0.249 e. The fourth-order valence-corrected chi connectivity index (χ4v) is 2.07. The van der Waals surface area contributed by atoms with Gasteiger partial charge < -0.3 is 10.3 Å². The number of halogens is 2. The third-order valence-corrected chi connectivity index (χ3v) is 3.14. The molecule has 0 aliphatic heterocycles. The Morgan fingerprint density at radius 1 is 1.50 bits per heavy atom. The van der Waals surface area contributed by atoms with E-state index in [1.54, 1.807) is 0 Å². The number of nitrogens with zero attached hydrogens (tertiary/aromatic N) is 1. The van der Waals surface area contributed by atoms with Crippen molar-refractivity contribution in [3.63, 3.8) is 0 Å². The van der Waals surface area contributed by atoms with Crippen LogP contribution in [-0.2, 0) is 6.54 Å². The summed E-state index contributed by atoms with van der Waals surface area (Å²) in [4.78, 5) is 7.43. The molecule has 0 saturated heterocycles. The third-order valence-electron chi connectivity index (χ3n) is 3.14. The summed E-state index contributed by atoms with van der Waals surface area (Å²) in [5, 5.41) is 3.12. The van der Waals surface area contributed by atoms with Gasteiger partial charge in [0.15, 0.2) is 0 Å². The molecule has 1 heterocycles. The topological polar surface area (TPSA) is 40.7 Å². The average Bonchev–Trinajstić information content (AvgIpc) is 2.68. The highest BCUT2D eigenvalue weighted by molar-refractivity contribution is 5.10. The first-order chi connectivity index (χ1) is 7.46. The Bertz CT molecular complexity index is 354. The Labute approximate surface area is 93.7 Å². The molecule has 90 valence electrons. The molecule has 2 rings (SSSR count). The maximum absolute atomic E-state index is 12.9. The van der Waals surface area contributed by atoms with Gasteiger partial charge in [-0.05, 0) is 20.3 Å². The van der Waals surface area contributed by atoms with Crippen molar-refractivity contribution >= 4 is 0 Å². The van der Waals surface area contributed by atoms with E-state index in [1.807, 2.05) is 13.8 Å². The maximum atomic E-state index is 12.9. The van der Waals surface area contributed by atoms with E-state index in [0.717, 1.165) is 17.2 Å². The van der Waals surface area contributed by atoms with Gasteiger partial charge in [-0.15, -0.1) is 0 Å². The molecule has 3 nitrogen and oxygen atoms in total. The van der Waals surface area contributed by atoms with Crippen molar-refractivity contribution in [1.82, 2.24) is 15.3 Å². The van der Waals surface area contributed by atoms with Gasteiger partial charge in [0.1, 0.15) is 5.82 Å². The molecule has 1 unspecified atom stereocenters. The van der Waals surface area contributed by atoms with Gasteiger partial charge in [0.25, 0.3) is 0 Å². The highest BCUT2D eigenvalue weighted by atomic mass is 19.3. The van der Waals surface area contributed by atoms with Crippen LogP contribution in [0.1, 0.15) is 36.5 Å². The van der Waals surface area contributed by atoms with Gasteiger partial charge >= 0.3 is 0 Å². The molecular weight excluding hydrogens is 212 g/mol. The van der Waals surface area contributed by atoms with E-state index in [1.165, 1.54) is 0 Å². The van der Waals surface area contributed by atoms with E-state index in [9.17, 15) is 8.78 Å². The minimum absolute atomic E-state index is 0.000870. The van der Waals surface area contributed by atoms with Crippen molar-refractivity contribution in [3.05, 3.63) is 17.2 Å². The third kappa shape index (κ3) is 2.58. The predicted molar refractivity (Wildman–Crippen MR) is 57.5 cm³/mol. The molecule has 1 fully saturated rings. The smallest absolute Gasteiger partial charge is 0.249 e. The van der Waals surface area contributed by atoms with E-state index in [2.05, 4.69) is 15.3 Å². The summed E-state index contributed by atoms with van der Waals surface area (Å²) in [6, 6.07) is -0.0827. The largest absolute Gasteiger partial charge is 0.345 e. The van der Waals surface area contributed by atoms with Crippen molar-refractivity contribution in [2.24, 2.45) is 0 Å². The fourth-order valence-electron chi connectivity index (χ4n) is 2.07. The number of rotatable bonds is 3. The molecule has 0 amide bonds. The van der Waals surface area contributed by atoms with Gasteiger partial charge in [0.05, 0.1) is 12.2 Å². The molecule has 1 saturated carbocycles. The van der Waals surface area contributed by atoms with Gasteiger partial charge in [-0.2, -0.15) is 0 Å². The molecule has 0 spiro atoms. The van der Waals surface area contributed by atoms with E-state index < -0.39 is 5.92 Å².